The Morgan fingerprint density at radius 3 is 2.52 bits per heavy atom. The number of hydrogen-bond acceptors (Lipinski definition) is 5. The van der Waals surface area contributed by atoms with Gasteiger partial charge in [-0.25, -0.2) is 0 Å². The largest absolute Gasteiger partial charge is 0.468 e. The summed E-state index contributed by atoms with van der Waals surface area (Å²) < 4.78 is 11.2. The molecule has 0 amide bonds. The first-order valence-electron chi connectivity index (χ1n) is 11.0. The first-order chi connectivity index (χ1) is 14.8. The van der Waals surface area contributed by atoms with Crippen LogP contribution in [0.5, 0.6) is 0 Å². The maximum atomic E-state index is 5.73. The molecule has 1 atom stereocenters. The molecule has 2 fully saturated rings. The molecule has 7 nitrogen and oxygen atoms in total. The predicted molar refractivity (Wildman–Crippen MR) is 135 cm³/mol. The lowest BCUT2D eigenvalue weighted by molar-refractivity contribution is 0.122. The average molecular weight is 539 g/mol. The highest BCUT2D eigenvalue weighted by atomic mass is 127. The Hall–Kier alpha value is -1.78. The number of rotatable bonds is 7. The summed E-state index contributed by atoms with van der Waals surface area (Å²) in [6.07, 6.45) is 4.26. The number of aliphatic imine (C=N–C) groups is 1. The molecule has 1 aromatic heterocycles. The highest BCUT2D eigenvalue weighted by Crippen LogP contribution is 2.25. The van der Waals surface area contributed by atoms with Crippen LogP contribution < -0.4 is 15.5 Å². The molecule has 2 N–H and O–H groups in total. The highest BCUT2D eigenvalue weighted by Gasteiger charge is 2.25. The van der Waals surface area contributed by atoms with E-state index >= 15 is 0 Å². The maximum Gasteiger partial charge on any atom is 0.191 e. The summed E-state index contributed by atoms with van der Waals surface area (Å²) in [5, 5.41) is 7.00. The van der Waals surface area contributed by atoms with Gasteiger partial charge < -0.3 is 24.7 Å². The molecule has 170 valence electrons. The Morgan fingerprint density at radius 2 is 1.81 bits per heavy atom. The fourth-order valence-electron chi connectivity index (χ4n) is 4.31. The van der Waals surface area contributed by atoms with Gasteiger partial charge in [0.1, 0.15) is 5.76 Å². The molecule has 1 aromatic carbocycles. The third kappa shape index (κ3) is 6.36. The van der Waals surface area contributed by atoms with Crippen molar-refractivity contribution < 1.29 is 9.15 Å². The van der Waals surface area contributed by atoms with Crippen LogP contribution in [0.25, 0.3) is 0 Å². The molecule has 2 aliphatic heterocycles. The fourth-order valence-corrected chi connectivity index (χ4v) is 4.31. The second-order valence-electron chi connectivity index (χ2n) is 7.81. The Balaban J connectivity index is 0.00000272. The summed E-state index contributed by atoms with van der Waals surface area (Å²) in [5.41, 5.74) is 2.54. The van der Waals surface area contributed by atoms with E-state index in [0.29, 0.717) is 0 Å². The van der Waals surface area contributed by atoms with Gasteiger partial charge in [0.25, 0.3) is 0 Å². The van der Waals surface area contributed by atoms with Gasteiger partial charge in [-0.15, -0.1) is 24.0 Å². The number of morpholine rings is 1. The molecular formula is C23H34IN5O2. The standard InChI is InChI=1S/C23H33N5O2.HI/c1-24-23(26-18-21(22-9-6-14-30-22)27-10-4-5-11-27)25-17-19-7-2-3-8-20(19)28-12-15-29-16-13-28;/h2-3,6-9,14,21H,4-5,10-13,15-18H2,1H3,(H2,24,25,26);1H. The van der Waals surface area contributed by atoms with Crippen molar-refractivity contribution in [3.05, 3.63) is 54.0 Å². The fraction of sp³-hybridized carbons (Fsp3) is 0.522. The zero-order valence-electron chi connectivity index (χ0n) is 18.3. The van der Waals surface area contributed by atoms with Gasteiger partial charge in [0.2, 0.25) is 0 Å². The van der Waals surface area contributed by atoms with Gasteiger partial charge in [-0.1, -0.05) is 18.2 Å². The molecule has 0 bridgehead atoms. The molecule has 0 aliphatic carbocycles. The van der Waals surface area contributed by atoms with Crippen molar-refractivity contribution in [2.24, 2.45) is 4.99 Å². The predicted octanol–water partition coefficient (Wildman–Crippen LogP) is 3.24. The van der Waals surface area contributed by atoms with Crippen LogP contribution in [0.3, 0.4) is 0 Å². The van der Waals surface area contributed by atoms with Gasteiger partial charge in [-0.05, 0) is 49.7 Å². The van der Waals surface area contributed by atoms with Crippen molar-refractivity contribution in [3.63, 3.8) is 0 Å². The van der Waals surface area contributed by atoms with Crippen LogP contribution in [0.15, 0.2) is 52.1 Å². The average Bonchev–Trinajstić information content (AvgIpc) is 3.52. The molecule has 2 aromatic rings. The van der Waals surface area contributed by atoms with Gasteiger partial charge in [0, 0.05) is 38.9 Å². The van der Waals surface area contributed by atoms with Crippen molar-refractivity contribution in [1.29, 1.82) is 0 Å². The number of para-hydroxylation sites is 1. The van der Waals surface area contributed by atoms with E-state index in [9.17, 15) is 0 Å². The van der Waals surface area contributed by atoms with Crippen LogP contribution in [0.1, 0.15) is 30.2 Å². The Bertz CT molecular complexity index is 802. The molecule has 1 unspecified atom stereocenters. The van der Waals surface area contributed by atoms with E-state index in [1.807, 2.05) is 13.1 Å². The summed E-state index contributed by atoms with van der Waals surface area (Å²) in [7, 11) is 1.82. The number of furan rings is 1. The Labute approximate surface area is 202 Å². The Morgan fingerprint density at radius 1 is 1.03 bits per heavy atom. The van der Waals surface area contributed by atoms with Crippen LogP contribution >= 0.6 is 24.0 Å². The minimum absolute atomic E-state index is 0. The van der Waals surface area contributed by atoms with Gasteiger partial charge in [-0.3, -0.25) is 9.89 Å². The topological polar surface area (TPSA) is 65.3 Å². The molecule has 0 radical (unpaired) electrons. The first kappa shape index (κ1) is 23.9. The van der Waals surface area contributed by atoms with Crippen LogP contribution in [0.4, 0.5) is 5.69 Å². The SMILES string of the molecule is CN=C(NCc1ccccc1N1CCOCC1)NCC(c1ccco1)N1CCCC1.I. The molecule has 0 spiro atoms. The van der Waals surface area contributed by atoms with Crippen LogP contribution in [0, 0.1) is 0 Å². The van der Waals surface area contributed by atoms with E-state index in [2.05, 4.69) is 55.8 Å². The van der Waals surface area contributed by atoms with Crippen LogP contribution in [0.2, 0.25) is 0 Å². The highest BCUT2D eigenvalue weighted by molar-refractivity contribution is 14.0. The lowest BCUT2D eigenvalue weighted by Gasteiger charge is -2.31. The molecule has 31 heavy (non-hydrogen) atoms. The lowest BCUT2D eigenvalue weighted by Crippen LogP contribution is -2.42. The number of benzene rings is 1. The summed E-state index contributed by atoms with van der Waals surface area (Å²) in [5.74, 6) is 1.82. The van der Waals surface area contributed by atoms with Crippen molar-refractivity contribution in [1.82, 2.24) is 15.5 Å². The zero-order valence-corrected chi connectivity index (χ0v) is 20.6. The number of nitrogens with one attached hydrogen (secondary N) is 2. The van der Waals surface area contributed by atoms with Crippen LogP contribution in [-0.2, 0) is 11.3 Å². The van der Waals surface area contributed by atoms with E-state index in [1.54, 1.807) is 6.26 Å². The van der Waals surface area contributed by atoms with E-state index in [-0.39, 0.29) is 30.0 Å². The van der Waals surface area contributed by atoms with Crippen molar-refractivity contribution >= 4 is 35.6 Å². The number of anilines is 1. The molecule has 8 heteroatoms. The number of likely N-dealkylation sites (tertiary alicyclic amines) is 1. The number of halogens is 1. The minimum Gasteiger partial charge on any atom is -0.468 e. The van der Waals surface area contributed by atoms with Gasteiger partial charge >= 0.3 is 0 Å². The number of hydrogen-bond donors (Lipinski definition) is 2. The third-order valence-corrected chi connectivity index (χ3v) is 5.93. The molecule has 0 saturated carbocycles. The molecule has 4 rings (SSSR count). The second kappa shape index (κ2) is 12.3. The van der Waals surface area contributed by atoms with Crippen molar-refractivity contribution in [2.75, 3.05) is 57.9 Å². The quantitative estimate of drug-likeness (QED) is 0.320. The summed E-state index contributed by atoms with van der Waals surface area (Å²) in [6.45, 7) is 7.17. The van der Waals surface area contributed by atoms with E-state index in [0.717, 1.165) is 64.2 Å². The maximum absolute atomic E-state index is 5.73. The number of ether oxygens (including phenoxy) is 1. The van der Waals surface area contributed by atoms with Gasteiger partial charge in [0.15, 0.2) is 5.96 Å². The molecule has 2 saturated heterocycles. The number of guanidine groups is 1. The molecule has 3 heterocycles. The van der Waals surface area contributed by atoms with E-state index in [1.165, 1.54) is 24.1 Å². The minimum atomic E-state index is 0. The van der Waals surface area contributed by atoms with Crippen molar-refractivity contribution in [3.8, 4) is 0 Å². The lowest BCUT2D eigenvalue weighted by atomic mass is 10.1. The van der Waals surface area contributed by atoms with Crippen molar-refractivity contribution in [2.45, 2.75) is 25.4 Å². The third-order valence-electron chi connectivity index (χ3n) is 5.93. The summed E-state index contributed by atoms with van der Waals surface area (Å²) in [6, 6.07) is 12.8. The van der Waals surface area contributed by atoms with E-state index in [4.69, 9.17) is 9.15 Å². The normalized spacial score (nSPS) is 18.5. The smallest absolute Gasteiger partial charge is 0.191 e. The second-order valence-corrected chi connectivity index (χ2v) is 7.81. The van der Waals surface area contributed by atoms with E-state index < -0.39 is 0 Å². The van der Waals surface area contributed by atoms with Crippen LogP contribution in [-0.4, -0.2) is 63.8 Å². The summed E-state index contributed by atoms with van der Waals surface area (Å²) >= 11 is 0. The monoisotopic (exact) mass is 539 g/mol. The Kier molecular flexibility index (Phi) is 9.48. The zero-order chi connectivity index (χ0) is 20.6. The number of nitrogens with zero attached hydrogens (tertiary/aromatic N) is 3. The van der Waals surface area contributed by atoms with Gasteiger partial charge in [-0.2, -0.15) is 0 Å². The summed E-state index contributed by atoms with van der Waals surface area (Å²) in [4.78, 5) is 9.33. The molecular weight excluding hydrogens is 505 g/mol. The first-order valence-corrected chi connectivity index (χ1v) is 11.0. The van der Waals surface area contributed by atoms with Gasteiger partial charge in [0.05, 0.1) is 25.5 Å². The molecule has 2 aliphatic rings.